The molecule has 2 aliphatic rings. The Morgan fingerprint density at radius 3 is 2.18 bits per heavy atom. The normalized spacial score (nSPS) is 27.1. The van der Waals surface area contributed by atoms with Crippen LogP contribution in [0.5, 0.6) is 0 Å². The largest absolute Gasteiger partial charge is 0.486 e. The van der Waals surface area contributed by atoms with Crippen LogP contribution in [0.2, 0.25) is 0 Å². The molecule has 2 fully saturated rings. The standard InChI is InChI=1S/C16H28BNO4/c1-14(2,3)20-13(19)18-11-9-12(18)8-10-17-21-15(4,5)16(6,7)22-17/h8,10,12H,9,11H2,1-7H3/b10-8+/t12-/m0/s1. The zero-order valence-electron chi connectivity index (χ0n) is 14.8. The van der Waals surface area contributed by atoms with Gasteiger partial charge >= 0.3 is 13.2 Å². The van der Waals surface area contributed by atoms with Crippen LogP contribution in [-0.4, -0.2) is 47.5 Å². The van der Waals surface area contributed by atoms with Gasteiger partial charge < -0.3 is 18.9 Å². The molecule has 0 radical (unpaired) electrons. The van der Waals surface area contributed by atoms with E-state index >= 15 is 0 Å². The lowest BCUT2D eigenvalue weighted by Crippen LogP contribution is -2.51. The van der Waals surface area contributed by atoms with E-state index in [-0.39, 0.29) is 30.5 Å². The van der Waals surface area contributed by atoms with E-state index in [2.05, 4.69) is 0 Å². The van der Waals surface area contributed by atoms with Crippen molar-refractivity contribution in [3.8, 4) is 0 Å². The first kappa shape index (κ1) is 17.4. The van der Waals surface area contributed by atoms with Crippen LogP contribution in [0.3, 0.4) is 0 Å². The molecule has 1 amide bonds. The van der Waals surface area contributed by atoms with Crippen molar-refractivity contribution in [2.24, 2.45) is 0 Å². The van der Waals surface area contributed by atoms with Gasteiger partial charge in [0.05, 0.1) is 17.2 Å². The molecule has 2 heterocycles. The minimum absolute atomic E-state index is 0.0638. The van der Waals surface area contributed by atoms with Crippen molar-refractivity contribution in [1.29, 1.82) is 0 Å². The Kier molecular flexibility index (Phi) is 4.39. The van der Waals surface area contributed by atoms with Gasteiger partial charge in [0.25, 0.3) is 0 Å². The van der Waals surface area contributed by atoms with Gasteiger partial charge in [0.15, 0.2) is 0 Å². The molecule has 0 spiro atoms. The molecule has 0 unspecified atom stereocenters. The molecule has 0 aliphatic carbocycles. The van der Waals surface area contributed by atoms with Crippen molar-refractivity contribution in [2.75, 3.05) is 6.54 Å². The maximum absolute atomic E-state index is 12.1. The molecule has 0 bridgehead atoms. The summed E-state index contributed by atoms with van der Waals surface area (Å²) in [6, 6.07) is 0.0638. The molecule has 0 N–H and O–H groups in total. The number of amides is 1. The molecule has 0 saturated carbocycles. The second kappa shape index (κ2) is 5.57. The first-order valence-corrected chi connectivity index (χ1v) is 7.95. The summed E-state index contributed by atoms with van der Waals surface area (Å²) in [6.45, 7) is 14.5. The van der Waals surface area contributed by atoms with Crippen LogP contribution in [0.4, 0.5) is 4.79 Å². The summed E-state index contributed by atoms with van der Waals surface area (Å²) in [5.74, 6) is 1.90. The molecule has 2 saturated heterocycles. The Bertz CT molecular complexity index is 451. The van der Waals surface area contributed by atoms with E-state index in [1.165, 1.54) is 0 Å². The van der Waals surface area contributed by atoms with E-state index < -0.39 is 5.60 Å². The fourth-order valence-corrected chi connectivity index (χ4v) is 2.34. The first-order chi connectivity index (χ1) is 9.91. The van der Waals surface area contributed by atoms with Gasteiger partial charge in [-0.1, -0.05) is 12.1 Å². The Morgan fingerprint density at radius 1 is 1.23 bits per heavy atom. The van der Waals surface area contributed by atoms with Crippen molar-refractivity contribution in [3.63, 3.8) is 0 Å². The molecular formula is C16H28BNO4. The van der Waals surface area contributed by atoms with Crippen LogP contribution in [0, 0.1) is 0 Å². The van der Waals surface area contributed by atoms with E-state index in [0.29, 0.717) is 0 Å². The maximum Gasteiger partial charge on any atom is 0.486 e. The Morgan fingerprint density at radius 2 is 1.77 bits per heavy atom. The number of hydrogen-bond donors (Lipinski definition) is 0. The Hall–Kier alpha value is -1.01. The van der Waals surface area contributed by atoms with Gasteiger partial charge in [-0.25, -0.2) is 4.79 Å². The predicted molar refractivity (Wildman–Crippen MR) is 86.6 cm³/mol. The summed E-state index contributed by atoms with van der Waals surface area (Å²) < 4.78 is 17.2. The molecule has 22 heavy (non-hydrogen) atoms. The molecule has 2 aliphatic heterocycles. The summed E-state index contributed by atoms with van der Waals surface area (Å²) >= 11 is 0. The monoisotopic (exact) mass is 309 g/mol. The van der Waals surface area contributed by atoms with Gasteiger partial charge in [-0.05, 0) is 54.9 Å². The molecule has 0 aromatic rings. The number of hydrogen-bond acceptors (Lipinski definition) is 4. The minimum Gasteiger partial charge on any atom is -0.444 e. The highest BCUT2D eigenvalue weighted by atomic mass is 16.7. The highest BCUT2D eigenvalue weighted by Crippen LogP contribution is 2.37. The van der Waals surface area contributed by atoms with E-state index in [1.54, 1.807) is 4.90 Å². The SMILES string of the molecule is CC(C)(C)OC(=O)N1CC[C@@H]1/C=C/B1OC(C)(C)C(C)(C)O1. The maximum atomic E-state index is 12.1. The number of ether oxygens (including phenoxy) is 1. The molecular weight excluding hydrogens is 281 g/mol. The van der Waals surface area contributed by atoms with Crippen molar-refractivity contribution in [2.45, 2.75) is 77.7 Å². The van der Waals surface area contributed by atoms with Crippen molar-refractivity contribution >= 4 is 13.2 Å². The second-order valence-corrected chi connectivity index (χ2v) is 8.04. The fraction of sp³-hybridized carbons (Fsp3) is 0.812. The van der Waals surface area contributed by atoms with E-state index in [9.17, 15) is 4.79 Å². The smallest absolute Gasteiger partial charge is 0.444 e. The predicted octanol–water partition coefficient (Wildman–Crippen LogP) is 3.18. The average molecular weight is 309 g/mol. The lowest BCUT2D eigenvalue weighted by Gasteiger charge is -2.39. The van der Waals surface area contributed by atoms with Crippen LogP contribution in [0.15, 0.2) is 12.1 Å². The first-order valence-electron chi connectivity index (χ1n) is 7.95. The molecule has 0 aromatic carbocycles. The highest BCUT2D eigenvalue weighted by molar-refractivity contribution is 6.51. The van der Waals surface area contributed by atoms with E-state index in [1.807, 2.05) is 60.5 Å². The van der Waals surface area contributed by atoms with Gasteiger partial charge in [-0.2, -0.15) is 0 Å². The zero-order valence-corrected chi connectivity index (χ0v) is 14.8. The summed E-state index contributed by atoms with van der Waals surface area (Å²) in [7, 11) is -0.369. The number of carbonyl (C=O) groups excluding carboxylic acids is 1. The fourth-order valence-electron chi connectivity index (χ4n) is 2.34. The zero-order chi connectivity index (χ0) is 16.8. The average Bonchev–Trinajstić information content (AvgIpc) is 2.42. The van der Waals surface area contributed by atoms with Crippen LogP contribution in [0.25, 0.3) is 0 Å². The molecule has 6 heteroatoms. The number of likely N-dealkylation sites (tertiary alicyclic amines) is 1. The Balaban J connectivity index is 1.91. The quantitative estimate of drug-likeness (QED) is 0.735. The third kappa shape index (κ3) is 3.66. The third-order valence-corrected chi connectivity index (χ3v) is 4.46. The summed E-state index contributed by atoms with van der Waals surface area (Å²) in [6.07, 6.45) is 2.66. The third-order valence-electron chi connectivity index (χ3n) is 4.46. The molecule has 124 valence electrons. The van der Waals surface area contributed by atoms with E-state index in [0.717, 1.165) is 13.0 Å². The van der Waals surface area contributed by atoms with Crippen molar-refractivity contribution < 1.29 is 18.8 Å². The molecule has 0 aromatic heterocycles. The van der Waals surface area contributed by atoms with Crippen LogP contribution < -0.4 is 0 Å². The van der Waals surface area contributed by atoms with Gasteiger partial charge in [-0.15, -0.1) is 0 Å². The van der Waals surface area contributed by atoms with E-state index in [4.69, 9.17) is 14.0 Å². The summed E-state index contributed by atoms with van der Waals surface area (Å²) in [5.41, 5.74) is -1.15. The minimum atomic E-state index is -0.466. The van der Waals surface area contributed by atoms with Crippen molar-refractivity contribution in [3.05, 3.63) is 12.1 Å². The van der Waals surface area contributed by atoms with Gasteiger partial charge in [0, 0.05) is 6.54 Å². The van der Waals surface area contributed by atoms with Crippen LogP contribution in [0.1, 0.15) is 54.9 Å². The van der Waals surface area contributed by atoms with Gasteiger partial charge in [-0.3, -0.25) is 0 Å². The Labute approximate surface area is 134 Å². The number of carbonyl (C=O) groups is 1. The summed E-state index contributed by atoms with van der Waals surface area (Å²) in [4.78, 5) is 13.8. The van der Waals surface area contributed by atoms with Crippen LogP contribution in [-0.2, 0) is 14.0 Å². The van der Waals surface area contributed by atoms with Gasteiger partial charge in [0.1, 0.15) is 5.60 Å². The van der Waals surface area contributed by atoms with Crippen LogP contribution >= 0.6 is 0 Å². The number of rotatable bonds is 2. The molecule has 5 nitrogen and oxygen atoms in total. The second-order valence-electron chi connectivity index (χ2n) is 8.04. The summed E-state index contributed by atoms with van der Waals surface area (Å²) in [5, 5.41) is 0. The van der Waals surface area contributed by atoms with Crippen molar-refractivity contribution in [1.82, 2.24) is 4.90 Å². The number of nitrogens with zero attached hydrogens (tertiary/aromatic N) is 1. The molecule has 1 atom stereocenters. The lowest BCUT2D eigenvalue weighted by molar-refractivity contribution is 0.00278. The highest BCUT2D eigenvalue weighted by Gasteiger charge is 2.50. The van der Waals surface area contributed by atoms with Gasteiger partial charge in [0.2, 0.25) is 0 Å². The topological polar surface area (TPSA) is 48.0 Å². The lowest BCUT2D eigenvalue weighted by atomic mass is 9.87. The molecule has 2 rings (SSSR count).